The Kier molecular flexibility index (Phi) is 5.47. The van der Waals surface area contributed by atoms with E-state index >= 15 is 0 Å². The summed E-state index contributed by atoms with van der Waals surface area (Å²) in [6.07, 6.45) is 0. The molecule has 0 bridgehead atoms. The number of benzene rings is 1. The highest BCUT2D eigenvalue weighted by Gasteiger charge is 2.07. The number of nitrogens with one attached hydrogen (secondary N) is 2. The van der Waals surface area contributed by atoms with Crippen LogP contribution in [0.5, 0.6) is 0 Å². The van der Waals surface area contributed by atoms with Gasteiger partial charge in [-0.2, -0.15) is 0 Å². The van der Waals surface area contributed by atoms with Crippen molar-refractivity contribution in [2.45, 2.75) is 26.4 Å². The van der Waals surface area contributed by atoms with E-state index in [4.69, 9.17) is 0 Å². The molecule has 1 heterocycles. The molecule has 21 heavy (non-hydrogen) atoms. The third-order valence-corrected chi connectivity index (χ3v) is 3.51. The summed E-state index contributed by atoms with van der Waals surface area (Å²) in [6, 6.07) is 13.9. The average Bonchev–Trinajstić information content (AvgIpc) is 2.44. The second kappa shape index (κ2) is 7.33. The van der Waals surface area contributed by atoms with Crippen molar-refractivity contribution in [1.29, 1.82) is 0 Å². The van der Waals surface area contributed by atoms with Crippen LogP contribution in [-0.4, -0.2) is 10.9 Å². The Morgan fingerprint density at radius 3 is 2.76 bits per heavy atom. The molecule has 0 aliphatic rings. The number of pyridine rings is 1. The first-order valence-corrected chi connectivity index (χ1v) is 7.56. The maximum absolute atomic E-state index is 11.1. The Morgan fingerprint density at radius 2 is 2.05 bits per heavy atom. The summed E-state index contributed by atoms with van der Waals surface area (Å²) in [4.78, 5) is 15.5. The van der Waals surface area contributed by atoms with Gasteiger partial charge in [0, 0.05) is 25.2 Å². The summed E-state index contributed by atoms with van der Waals surface area (Å²) in [6.45, 7) is 4.28. The van der Waals surface area contributed by atoms with Gasteiger partial charge in [-0.3, -0.25) is 4.79 Å². The van der Waals surface area contributed by atoms with Crippen molar-refractivity contribution in [3.05, 3.63) is 58.3 Å². The van der Waals surface area contributed by atoms with E-state index in [2.05, 4.69) is 38.5 Å². The molecule has 0 fully saturated rings. The molecule has 0 radical (unpaired) electrons. The second-order valence-electron chi connectivity index (χ2n) is 4.86. The van der Waals surface area contributed by atoms with E-state index < -0.39 is 0 Å². The Labute approximate surface area is 133 Å². The smallest absolute Gasteiger partial charge is 0.221 e. The molecule has 2 aromatic rings. The minimum absolute atomic E-state index is 0.0638. The third-order valence-electron chi connectivity index (χ3n) is 3.07. The molecule has 1 atom stereocenters. The van der Waals surface area contributed by atoms with E-state index in [1.54, 1.807) is 0 Å². The van der Waals surface area contributed by atoms with E-state index in [-0.39, 0.29) is 11.9 Å². The maximum atomic E-state index is 11.1. The van der Waals surface area contributed by atoms with Crippen molar-refractivity contribution in [2.24, 2.45) is 0 Å². The normalized spacial score (nSPS) is 12.0. The van der Waals surface area contributed by atoms with Gasteiger partial charge >= 0.3 is 0 Å². The van der Waals surface area contributed by atoms with E-state index in [1.165, 1.54) is 6.92 Å². The number of aromatic nitrogens is 1. The molecule has 2 rings (SSSR count). The van der Waals surface area contributed by atoms with E-state index in [0.717, 1.165) is 21.5 Å². The van der Waals surface area contributed by atoms with Crippen LogP contribution in [0.25, 0.3) is 0 Å². The van der Waals surface area contributed by atoms with Crippen LogP contribution in [0.1, 0.15) is 31.1 Å². The Hall–Kier alpha value is -1.72. The van der Waals surface area contributed by atoms with Gasteiger partial charge in [0.2, 0.25) is 5.91 Å². The van der Waals surface area contributed by atoms with E-state index in [0.29, 0.717) is 6.54 Å². The van der Waals surface area contributed by atoms with Gasteiger partial charge in [0.25, 0.3) is 0 Å². The molecule has 0 aliphatic carbocycles. The summed E-state index contributed by atoms with van der Waals surface area (Å²) in [5.41, 5.74) is 2.92. The van der Waals surface area contributed by atoms with Crippen molar-refractivity contribution >= 4 is 27.5 Å². The van der Waals surface area contributed by atoms with Crippen LogP contribution in [0.4, 0.5) is 5.69 Å². The quantitative estimate of drug-likeness (QED) is 0.811. The molecule has 1 amide bonds. The molecule has 2 N–H and O–H groups in total. The lowest BCUT2D eigenvalue weighted by Gasteiger charge is -2.15. The van der Waals surface area contributed by atoms with E-state index in [1.807, 2.05) is 42.5 Å². The zero-order valence-corrected chi connectivity index (χ0v) is 13.6. The topological polar surface area (TPSA) is 54.0 Å². The van der Waals surface area contributed by atoms with Crippen molar-refractivity contribution < 1.29 is 4.79 Å². The van der Waals surface area contributed by atoms with Gasteiger partial charge in [0.1, 0.15) is 4.60 Å². The van der Waals surface area contributed by atoms with Gasteiger partial charge in [-0.15, -0.1) is 0 Å². The Morgan fingerprint density at radius 1 is 1.29 bits per heavy atom. The Balaban J connectivity index is 1.99. The summed E-state index contributed by atoms with van der Waals surface area (Å²) < 4.78 is 0.835. The largest absolute Gasteiger partial charge is 0.326 e. The summed E-state index contributed by atoms with van der Waals surface area (Å²) in [5, 5.41) is 6.22. The lowest BCUT2D eigenvalue weighted by Crippen LogP contribution is -2.19. The first-order chi connectivity index (χ1) is 10.0. The first-order valence-electron chi connectivity index (χ1n) is 6.77. The van der Waals surface area contributed by atoms with Crippen LogP contribution < -0.4 is 10.6 Å². The van der Waals surface area contributed by atoms with Crippen LogP contribution in [-0.2, 0) is 11.3 Å². The second-order valence-corrected chi connectivity index (χ2v) is 5.67. The molecule has 0 aliphatic heterocycles. The molecule has 0 spiro atoms. The first kappa shape index (κ1) is 15.7. The van der Waals surface area contributed by atoms with E-state index in [9.17, 15) is 4.79 Å². The van der Waals surface area contributed by atoms with Crippen LogP contribution >= 0.6 is 15.9 Å². The molecular weight excluding hydrogens is 330 g/mol. The molecule has 0 saturated heterocycles. The van der Waals surface area contributed by atoms with Gasteiger partial charge in [-0.1, -0.05) is 18.2 Å². The van der Waals surface area contributed by atoms with Crippen molar-refractivity contribution in [1.82, 2.24) is 10.3 Å². The van der Waals surface area contributed by atoms with Crippen LogP contribution in [0, 0.1) is 0 Å². The van der Waals surface area contributed by atoms with Crippen molar-refractivity contribution in [3.8, 4) is 0 Å². The minimum atomic E-state index is -0.0638. The summed E-state index contributed by atoms with van der Waals surface area (Å²) in [5.74, 6) is -0.0638. The number of carbonyl (C=O) groups excluding carboxylic acids is 1. The molecule has 4 nitrogen and oxygen atoms in total. The summed E-state index contributed by atoms with van der Waals surface area (Å²) >= 11 is 3.37. The fourth-order valence-corrected chi connectivity index (χ4v) is 2.39. The predicted molar refractivity (Wildman–Crippen MR) is 87.9 cm³/mol. The number of anilines is 1. The van der Waals surface area contributed by atoms with Crippen LogP contribution in [0.2, 0.25) is 0 Å². The molecule has 1 unspecified atom stereocenters. The maximum Gasteiger partial charge on any atom is 0.221 e. The molecule has 1 aromatic carbocycles. The lowest BCUT2D eigenvalue weighted by molar-refractivity contribution is -0.114. The van der Waals surface area contributed by atoms with Crippen LogP contribution in [0.3, 0.4) is 0 Å². The number of hydrogen-bond acceptors (Lipinski definition) is 3. The van der Waals surface area contributed by atoms with Crippen molar-refractivity contribution in [3.63, 3.8) is 0 Å². The van der Waals surface area contributed by atoms with Gasteiger partial charge in [0.05, 0.1) is 5.69 Å². The fourth-order valence-electron chi connectivity index (χ4n) is 2.01. The average molecular weight is 348 g/mol. The van der Waals surface area contributed by atoms with Gasteiger partial charge in [-0.05, 0) is 52.7 Å². The number of hydrogen-bond donors (Lipinski definition) is 2. The number of rotatable bonds is 5. The Bertz CT molecular complexity index is 630. The zero-order chi connectivity index (χ0) is 15.2. The molecular formula is C16H18BrN3O. The SMILES string of the molecule is CC(=O)Nc1cccc(C(C)NCc2cccc(Br)n2)c1. The highest BCUT2D eigenvalue weighted by Crippen LogP contribution is 2.18. The molecule has 0 saturated carbocycles. The van der Waals surface area contributed by atoms with Crippen molar-refractivity contribution in [2.75, 3.05) is 5.32 Å². The van der Waals surface area contributed by atoms with Gasteiger partial charge in [-0.25, -0.2) is 4.98 Å². The lowest BCUT2D eigenvalue weighted by atomic mass is 10.1. The number of halogens is 1. The highest BCUT2D eigenvalue weighted by atomic mass is 79.9. The zero-order valence-electron chi connectivity index (χ0n) is 12.1. The predicted octanol–water partition coefficient (Wildman–Crippen LogP) is 3.65. The molecule has 1 aromatic heterocycles. The summed E-state index contributed by atoms with van der Waals surface area (Å²) in [7, 11) is 0. The molecule has 110 valence electrons. The minimum Gasteiger partial charge on any atom is -0.326 e. The monoisotopic (exact) mass is 347 g/mol. The number of nitrogens with zero attached hydrogens (tertiary/aromatic N) is 1. The van der Waals surface area contributed by atoms with Crippen LogP contribution in [0.15, 0.2) is 47.1 Å². The molecule has 5 heteroatoms. The number of carbonyl (C=O) groups is 1. The van der Waals surface area contributed by atoms with Gasteiger partial charge < -0.3 is 10.6 Å². The van der Waals surface area contributed by atoms with Gasteiger partial charge in [0.15, 0.2) is 0 Å². The standard InChI is InChI=1S/C16H18BrN3O/c1-11(18-10-15-7-4-8-16(17)20-15)13-5-3-6-14(9-13)19-12(2)21/h3-9,11,18H,10H2,1-2H3,(H,19,21). The number of amides is 1. The third kappa shape index (κ3) is 4.95. The highest BCUT2D eigenvalue weighted by molar-refractivity contribution is 9.10. The fraction of sp³-hybridized carbons (Fsp3) is 0.250.